The minimum atomic E-state index is -0.209. The molecule has 1 fully saturated rings. The van der Waals surface area contributed by atoms with Crippen molar-refractivity contribution in [1.29, 1.82) is 0 Å². The Morgan fingerprint density at radius 3 is 2.81 bits per heavy atom. The van der Waals surface area contributed by atoms with Gasteiger partial charge in [0.2, 0.25) is 5.91 Å². The molecule has 2 N–H and O–H groups in total. The highest BCUT2D eigenvalue weighted by Gasteiger charge is 2.23. The third-order valence-corrected chi connectivity index (χ3v) is 3.55. The molecule has 0 aliphatic carbocycles. The Labute approximate surface area is 133 Å². The number of halogens is 1. The lowest BCUT2D eigenvalue weighted by atomic mass is 10.0. The zero-order valence-corrected chi connectivity index (χ0v) is 13.3. The maximum atomic E-state index is 12.2. The van der Waals surface area contributed by atoms with E-state index < -0.39 is 0 Å². The van der Waals surface area contributed by atoms with Crippen molar-refractivity contribution in [2.45, 2.75) is 38.3 Å². The molecule has 118 valence electrons. The fourth-order valence-electron chi connectivity index (χ4n) is 2.51. The lowest BCUT2D eigenvalue weighted by Crippen LogP contribution is -2.53. The lowest BCUT2D eigenvalue weighted by molar-refractivity contribution is -0.126. The molecule has 2 rings (SSSR count). The number of carbonyl (C=O) groups excluding carboxylic acids is 1. The largest absolute Gasteiger partial charge is 0.378 e. The van der Waals surface area contributed by atoms with Crippen LogP contribution >= 0.6 is 12.4 Å². The number of ether oxygens (including phenoxy) is 1. The second kappa shape index (κ2) is 9.77. The molecule has 1 aromatic carbocycles. The van der Waals surface area contributed by atoms with Crippen LogP contribution in [0.1, 0.15) is 25.3 Å². The van der Waals surface area contributed by atoms with Gasteiger partial charge in [-0.2, -0.15) is 0 Å². The zero-order chi connectivity index (χ0) is 14.2. The summed E-state index contributed by atoms with van der Waals surface area (Å²) in [6.45, 7) is 4.05. The molecule has 0 spiro atoms. The summed E-state index contributed by atoms with van der Waals surface area (Å²) in [7, 11) is 0. The number of nitrogens with one attached hydrogen (secondary N) is 2. The molecule has 1 amide bonds. The van der Waals surface area contributed by atoms with E-state index in [1.807, 2.05) is 18.2 Å². The topological polar surface area (TPSA) is 50.4 Å². The van der Waals surface area contributed by atoms with Crippen molar-refractivity contribution in [3.8, 4) is 0 Å². The maximum absolute atomic E-state index is 12.2. The molecule has 0 bridgehead atoms. The van der Waals surface area contributed by atoms with Crippen molar-refractivity contribution >= 4 is 18.3 Å². The molecule has 2 unspecified atom stereocenters. The van der Waals surface area contributed by atoms with E-state index in [0.29, 0.717) is 13.2 Å². The number of morpholine rings is 1. The highest BCUT2D eigenvalue weighted by Crippen LogP contribution is 2.08. The summed E-state index contributed by atoms with van der Waals surface area (Å²) in [5, 5.41) is 6.35. The Balaban J connectivity index is 0.00000220. The van der Waals surface area contributed by atoms with Gasteiger partial charge in [0, 0.05) is 12.6 Å². The minimum Gasteiger partial charge on any atom is -0.378 e. The van der Waals surface area contributed by atoms with Gasteiger partial charge in [0.05, 0.1) is 13.2 Å². The Hall–Kier alpha value is -1.10. The second-order valence-electron chi connectivity index (χ2n) is 5.27. The third kappa shape index (κ3) is 6.04. The first kappa shape index (κ1) is 18.0. The van der Waals surface area contributed by atoms with Gasteiger partial charge in [0.1, 0.15) is 6.04 Å². The summed E-state index contributed by atoms with van der Waals surface area (Å²) in [6, 6.07) is 10.3. The predicted octanol–water partition coefficient (Wildman–Crippen LogP) is 1.92. The Kier molecular flexibility index (Phi) is 8.35. The van der Waals surface area contributed by atoms with Gasteiger partial charge in [-0.05, 0) is 18.4 Å². The molecular weight excluding hydrogens is 288 g/mol. The first-order valence-corrected chi connectivity index (χ1v) is 7.45. The summed E-state index contributed by atoms with van der Waals surface area (Å²) >= 11 is 0. The number of amides is 1. The van der Waals surface area contributed by atoms with Gasteiger partial charge >= 0.3 is 0 Å². The average Bonchev–Trinajstić information content (AvgIpc) is 2.49. The number of hydrogen-bond donors (Lipinski definition) is 2. The molecule has 0 aromatic heterocycles. The van der Waals surface area contributed by atoms with E-state index in [9.17, 15) is 4.79 Å². The summed E-state index contributed by atoms with van der Waals surface area (Å²) in [5.41, 5.74) is 1.26. The van der Waals surface area contributed by atoms with Crippen LogP contribution in [0.2, 0.25) is 0 Å². The zero-order valence-electron chi connectivity index (χ0n) is 12.5. The van der Waals surface area contributed by atoms with Crippen LogP contribution < -0.4 is 10.6 Å². The quantitative estimate of drug-likeness (QED) is 0.844. The van der Waals surface area contributed by atoms with Crippen molar-refractivity contribution in [1.82, 2.24) is 10.6 Å². The van der Waals surface area contributed by atoms with Crippen LogP contribution in [0, 0.1) is 0 Å². The van der Waals surface area contributed by atoms with Gasteiger partial charge in [0.25, 0.3) is 0 Å². The summed E-state index contributed by atoms with van der Waals surface area (Å²) in [6.07, 6.45) is 2.94. The van der Waals surface area contributed by atoms with E-state index in [1.54, 1.807) is 0 Å². The fraction of sp³-hybridized carbons (Fsp3) is 0.562. The Morgan fingerprint density at radius 1 is 1.43 bits per heavy atom. The van der Waals surface area contributed by atoms with Crippen LogP contribution in [0.15, 0.2) is 30.3 Å². The molecule has 21 heavy (non-hydrogen) atoms. The van der Waals surface area contributed by atoms with E-state index in [0.717, 1.165) is 25.8 Å². The minimum absolute atomic E-state index is 0. The molecule has 1 saturated heterocycles. The molecule has 4 nitrogen and oxygen atoms in total. The molecule has 2 atom stereocenters. The Morgan fingerprint density at radius 2 is 2.19 bits per heavy atom. The predicted molar refractivity (Wildman–Crippen MR) is 86.8 cm³/mol. The van der Waals surface area contributed by atoms with Gasteiger partial charge in [-0.15, -0.1) is 12.4 Å². The van der Waals surface area contributed by atoms with E-state index in [4.69, 9.17) is 4.74 Å². The third-order valence-electron chi connectivity index (χ3n) is 3.55. The van der Waals surface area contributed by atoms with Crippen molar-refractivity contribution in [2.24, 2.45) is 0 Å². The van der Waals surface area contributed by atoms with Crippen LogP contribution in [-0.4, -0.2) is 37.7 Å². The van der Waals surface area contributed by atoms with E-state index in [2.05, 4.69) is 29.7 Å². The first-order chi connectivity index (χ1) is 9.79. The molecular formula is C16H25ClN2O2. The van der Waals surface area contributed by atoms with E-state index >= 15 is 0 Å². The molecule has 1 heterocycles. The molecule has 0 radical (unpaired) electrons. The lowest BCUT2D eigenvalue weighted by Gasteiger charge is -2.26. The first-order valence-electron chi connectivity index (χ1n) is 7.45. The summed E-state index contributed by atoms with van der Waals surface area (Å²) in [5.74, 6) is 0.0547. The molecule has 5 heteroatoms. The highest BCUT2D eigenvalue weighted by atomic mass is 35.5. The van der Waals surface area contributed by atoms with Gasteiger partial charge in [0.15, 0.2) is 0 Å². The number of carbonyl (C=O) groups is 1. The average molecular weight is 313 g/mol. The van der Waals surface area contributed by atoms with Crippen LogP contribution in [-0.2, 0) is 16.0 Å². The van der Waals surface area contributed by atoms with Gasteiger partial charge in [-0.3, -0.25) is 4.79 Å². The molecule has 1 aromatic rings. The Bertz CT molecular complexity index is 408. The van der Waals surface area contributed by atoms with Crippen LogP contribution in [0.3, 0.4) is 0 Å². The van der Waals surface area contributed by atoms with Gasteiger partial charge < -0.3 is 15.4 Å². The van der Waals surface area contributed by atoms with Crippen molar-refractivity contribution in [2.75, 3.05) is 19.8 Å². The smallest absolute Gasteiger partial charge is 0.239 e. The number of benzene rings is 1. The normalized spacial score (nSPS) is 19.4. The van der Waals surface area contributed by atoms with Crippen LogP contribution in [0.25, 0.3) is 0 Å². The molecule has 1 aliphatic heterocycles. The van der Waals surface area contributed by atoms with Crippen molar-refractivity contribution < 1.29 is 9.53 Å². The van der Waals surface area contributed by atoms with Crippen molar-refractivity contribution in [3.63, 3.8) is 0 Å². The van der Waals surface area contributed by atoms with Crippen LogP contribution in [0.5, 0.6) is 0 Å². The SMILES string of the molecule is CCCC(Cc1ccccc1)NC(=O)C1COCCN1.Cl. The van der Waals surface area contributed by atoms with Crippen molar-refractivity contribution in [3.05, 3.63) is 35.9 Å². The summed E-state index contributed by atoms with van der Waals surface area (Å²) in [4.78, 5) is 12.2. The second-order valence-corrected chi connectivity index (χ2v) is 5.27. The molecule has 1 aliphatic rings. The molecule has 0 saturated carbocycles. The highest BCUT2D eigenvalue weighted by molar-refractivity contribution is 5.85. The standard InChI is InChI=1S/C16H24N2O2.ClH/c1-2-6-14(11-13-7-4-3-5-8-13)18-16(19)15-12-20-10-9-17-15;/h3-5,7-8,14-15,17H,2,6,9-12H2,1H3,(H,18,19);1H. The van der Waals surface area contributed by atoms with E-state index in [-0.39, 0.29) is 30.4 Å². The van der Waals surface area contributed by atoms with Gasteiger partial charge in [-0.25, -0.2) is 0 Å². The maximum Gasteiger partial charge on any atom is 0.239 e. The van der Waals surface area contributed by atoms with E-state index in [1.165, 1.54) is 5.56 Å². The number of hydrogen-bond acceptors (Lipinski definition) is 3. The number of rotatable bonds is 6. The fourth-order valence-corrected chi connectivity index (χ4v) is 2.51. The van der Waals surface area contributed by atoms with Crippen LogP contribution in [0.4, 0.5) is 0 Å². The summed E-state index contributed by atoms with van der Waals surface area (Å²) < 4.78 is 5.34. The monoisotopic (exact) mass is 312 g/mol. The van der Waals surface area contributed by atoms with Gasteiger partial charge in [-0.1, -0.05) is 43.7 Å².